The van der Waals surface area contributed by atoms with Crippen LogP contribution in [0.2, 0.25) is 23.2 Å². The monoisotopic (exact) mass is 756 g/mol. The molecule has 14 nitrogen and oxygen atoms in total. The highest BCUT2D eigenvalue weighted by molar-refractivity contribution is 6.74. The maximum atomic E-state index is 12.3. The molecule has 2 aromatic heterocycles. The lowest BCUT2D eigenvalue weighted by Crippen LogP contribution is -2.59. The average Bonchev–Trinajstić information content (AvgIpc) is 3.90. The number of fused-ring (bicyclic) bond motifs is 1. The summed E-state index contributed by atoms with van der Waals surface area (Å²) in [5.41, 5.74) is 3.21. The van der Waals surface area contributed by atoms with Crippen molar-refractivity contribution in [3.8, 4) is 17.9 Å². The molecule has 16 heteroatoms. The third-order valence-corrected chi connectivity index (χ3v) is 15.2. The number of ether oxygens (including phenoxy) is 2. The van der Waals surface area contributed by atoms with Gasteiger partial charge in [0.05, 0.1) is 60.6 Å². The smallest absolute Gasteiger partial charge is 0.407 e. The molecule has 1 saturated carbocycles. The van der Waals surface area contributed by atoms with E-state index >= 15 is 0 Å². The molecule has 0 bridgehead atoms. The second-order valence-electron chi connectivity index (χ2n) is 14.9. The van der Waals surface area contributed by atoms with Crippen molar-refractivity contribution in [3.63, 3.8) is 0 Å². The zero-order valence-electron chi connectivity index (χ0n) is 31.1. The van der Waals surface area contributed by atoms with Crippen LogP contribution in [-0.4, -0.2) is 79.5 Å². The number of benzene rings is 2. The molecular formula is C37H45ClN10O4Si. The van der Waals surface area contributed by atoms with Gasteiger partial charge in [-0.05, 0) is 67.2 Å². The number of alkyl carbamates (subject to hydrolysis) is 1. The molecule has 1 saturated heterocycles. The molecule has 278 valence electrons. The van der Waals surface area contributed by atoms with E-state index in [0.717, 1.165) is 24.2 Å². The van der Waals surface area contributed by atoms with Crippen LogP contribution in [0.25, 0.3) is 5.65 Å². The summed E-state index contributed by atoms with van der Waals surface area (Å²) in [5, 5.41) is 31.3. The highest BCUT2D eigenvalue weighted by Gasteiger charge is 2.43. The number of nitrogens with one attached hydrogen (secondary N) is 2. The number of nitrogens with zero attached hydrogens (tertiary/aromatic N) is 8. The maximum Gasteiger partial charge on any atom is 0.407 e. The number of carbonyl (C=O) groups is 1. The van der Waals surface area contributed by atoms with Crippen molar-refractivity contribution in [2.45, 2.75) is 82.9 Å². The van der Waals surface area contributed by atoms with E-state index in [1.807, 2.05) is 24.3 Å². The van der Waals surface area contributed by atoms with E-state index in [4.69, 9.17) is 30.5 Å². The van der Waals surface area contributed by atoms with Gasteiger partial charge in [0.2, 0.25) is 5.95 Å². The normalized spacial score (nSPS) is 17.5. The lowest BCUT2D eigenvalue weighted by Gasteiger charge is -2.46. The molecule has 6 rings (SSSR count). The summed E-state index contributed by atoms with van der Waals surface area (Å²) in [6.07, 6.45) is 3.16. The van der Waals surface area contributed by atoms with Gasteiger partial charge in [0.1, 0.15) is 11.8 Å². The molecule has 53 heavy (non-hydrogen) atoms. The van der Waals surface area contributed by atoms with E-state index in [-0.39, 0.29) is 34.9 Å². The number of anilines is 4. The summed E-state index contributed by atoms with van der Waals surface area (Å²) in [7, 11) is 0.719. The van der Waals surface area contributed by atoms with E-state index in [1.54, 1.807) is 19.2 Å². The number of piperidine rings is 1. The Morgan fingerprint density at radius 2 is 1.85 bits per heavy atom. The predicted molar refractivity (Wildman–Crippen MR) is 205 cm³/mol. The van der Waals surface area contributed by atoms with Crippen LogP contribution in [-0.2, 0) is 15.7 Å². The summed E-state index contributed by atoms with van der Waals surface area (Å²) >= 11 is 7.18. The molecule has 0 radical (unpaired) electrons. The van der Waals surface area contributed by atoms with Crippen molar-refractivity contribution < 1.29 is 18.7 Å². The lowest BCUT2D eigenvalue weighted by atomic mass is 10.0. The Labute approximate surface area is 315 Å². The van der Waals surface area contributed by atoms with Crippen molar-refractivity contribution in [3.05, 3.63) is 64.4 Å². The molecule has 1 amide bonds. The van der Waals surface area contributed by atoms with Crippen molar-refractivity contribution >= 4 is 54.8 Å². The van der Waals surface area contributed by atoms with Crippen LogP contribution in [0.1, 0.15) is 56.9 Å². The van der Waals surface area contributed by atoms with Crippen molar-refractivity contribution in [1.29, 1.82) is 10.5 Å². The van der Waals surface area contributed by atoms with Gasteiger partial charge in [0.15, 0.2) is 25.5 Å². The standard InChI is InChI=1S/C37H45ClN10O4Si/c1-37(2,3)53(6,7)52-31-22-46(15-14-28(31)43-36(49)51-5)30-17-24(18-39)16-29(32(30)38)42-35-44-34(33-41-20-26(19-40)48(33)45-35)47(25-10-11-25)21-23-8-12-27(50-4)13-9-23/h8-9,12-13,16-17,20,25,28,31H,10-11,14-15,21-22H2,1-7H3,(H,42,45)(H,43,49)/t28-,31-/m1/s1. The Bertz CT molecular complexity index is 2070. The number of hydrogen-bond acceptors (Lipinski definition) is 12. The van der Waals surface area contributed by atoms with Crippen molar-refractivity contribution in [2.75, 3.05) is 42.4 Å². The van der Waals surface area contributed by atoms with Crippen molar-refractivity contribution in [2.24, 2.45) is 0 Å². The Kier molecular flexibility index (Phi) is 10.7. The fourth-order valence-corrected chi connectivity index (χ4v) is 7.81. The van der Waals surface area contributed by atoms with Gasteiger partial charge >= 0.3 is 6.09 Å². The minimum absolute atomic E-state index is 0.0646. The zero-order chi connectivity index (χ0) is 38.1. The van der Waals surface area contributed by atoms with Crippen LogP contribution in [0.15, 0.2) is 42.6 Å². The first-order valence-corrected chi connectivity index (χ1v) is 20.9. The van der Waals surface area contributed by atoms with Gasteiger partial charge in [-0.2, -0.15) is 20.0 Å². The number of halogens is 1. The molecule has 0 spiro atoms. The van der Waals surface area contributed by atoms with Crippen LogP contribution in [0.3, 0.4) is 0 Å². The third-order valence-electron chi connectivity index (χ3n) is 10.3. The van der Waals surface area contributed by atoms with Crippen LogP contribution in [0.5, 0.6) is 5.75 Å². The minimum atomic E-state index is -2.26. The summed E-state index contributed by atoms with van der Waals surface area (Å²) in [6, 6.07) is 15.7. The molecule has 1 aliphatic heterocycles. The number of imidazole rings is 1. The quantitative estimate of drug-likeness (QED) is 0.155. The number of hydrogen-bond donors (Lipinski definition) is 2. The molecule has 4 aromatic rings. The number of carbonyl (C=O) groups excluding carboxylic acids is 1. The average molecular weight is 757 g/mol. The second-order valence-corrected chi connectivity index (χ2v) is 20.1. The highest BCUT2D eigenvalue weighted by atomic mass is 35.5. The van der Waals surface area contributed by atoms with E-state index in [2.05, 4.69) is 76.5 Å². The summed E-state index contributed by atoms with van der Waals surface area (Å²) in [4.78, 5) is 26.1. The molecule has 3 heterocycles. The topological polar surface area (TPSA) is 166 Å². The van der Waals surface area contributed by atoms with E-state index < -0.39 is 14.4 Å². The van der Waals surface area contributed by atoms with E-state index in [1.165, 1.54) is 17.8 Å². The number of nitriles is 2. The molecule has 2 N–H and O–H groups in total. The molecule has 2 fully saturated rings. The fraction of sp³-hybridized carbons (Fsp3) is 0.459. The van der Waals surface area contributed by atoms with Gasteiger partial charge < -0.3 is 34.3 Å². The van der Waals surface area contributed by atoms with Crippen LogP contribution >= 0.6 is 11.6 Å². The Morgan fingerprint density at radius 3 is 2.47 bits per heavy atom. The maximum absolute atomic E-state index is 12.3. The first-order valence-electron chi connectivity index (χ1n) is 17.6. The van der Waals surface area contributed by atoms with Gasteiger partial charge in [-0.1, -0.05) is 44.5 Å². The summed E-state index contributed by atoms with van der Waals surface area (Å²) in [6.45, 7) is 12.4. The Balaban J connectivity index is 1.35. The third kappa shape index (κ3) is 8.12. The molecule has 1 aliphatic carbocycles. The summed E-state index contributed by atoms with van der Waals surface area (Å²) < 4.78 is 18.6. The zero-order valence-corrected chi connectivity index (χ0v) is 32.9. The van der Waals surface area contributed by atoms with E-state index in [0.29, 0.717) is 59.5 Å². The molecule has 2 aliphatic rings. The minimum Gasteiger partial charge on any atom is -0.497 e. The largest absolute Gasteiger partial charge is 0.497 e. The van der Waals surface area contributed by atoms with Gasteiger partial charge in [-0.15, -0.1) is 5.10 Å². The van der Waals surface area contributed by atoms with Crippen LogP contribution < -0.4 is 25.2 Å². The molecule has 0 unspecified atom stereocenters. The Morgan fingerprint density at radius 1 is 1.11 bits per heavy atom. The van der Waals surface area contributed by atoms with E-state index in [9.17, 15) is 15.3 Å². The van der Waals surface area contributed by atoms with Crippen LogP contribution in [0.4, 0.5) is 27.9 Å². The summed E-state index contributed by atoms with van der Waals surface area (Å²) in [5.74, 6) is 1.53. The van der Waals surface area contributed by atoms with Gasteiger partial charge in [-0.3, -0.25) is 0 Å². The van der Waals surface area contributed by atoms with Crippen molar-refractivity contribution in [1.82, 2.24) is 24.9 Å². The number of aromatic nitrogens is 4. The van der Waals surface area contributed by atoms with Gasteiger partial charge in [-0.25, -0.2) is 9.78 Å². The number of rotatable bonds is 11. The van der Waals surface area contributed by atoms with Gasteiger partial charge in [0.25, 0.3) is 0 Å². The predicted octanol–water partition coefficient (Wildman–Crippen LogP) is 6.77. The molecule has 2 atom stereocenters. The number of methoxy groups -OCH3 is 2. The first kappa shape index (κ1) is 37.7. The first-order chi connectivity index (χ1) is 25.2. The van der Waals surface area contributed by atoms with Crippen LogP contribution in [0, 0.1) is 22.7 Å². The fourth-order valence-electron chi connectivity index (χ4n) is 6.18. The number of amides is 1. The lowest BCUT2D eigenvalue weighted by molar-refractivity contribution is 0.109. The molecule has 2 aromatic carbocycles. The Hall–Kier alpha value is -5.09. The second kappa shape index (κ2) is 15.1. The highest BCUT2D eigenvalue weighted by Crippen LogP contribution is 2.41. The van der Waals surface area contributed by atoms with Gasteiger partial charge in [0, 0.05) is 25.7 Å². The SMILES string of the molecule is COC(=O)N[C@@H]1CCN(c2cc(C#N)cc(Nc3nc(N(Cc4ccc(OC)cc4)C4CC4)c4ncc(C#N)n4n3)c2Cl)C[C@H]1O[Si](C)(C)C(C)(C)C. The molecular weight excluding hydrogens is 712 g/mol.